The third-order valence-electron chi connectivity index (χ3n) is 6.06. The molecule has 0 saturated carbocycles. The van der Waals surface area contributed by atoms with Crippen molar-refractivity contribution in [2.24, 2.45) is 0 Å². The van der Waals surface area contributed by atoms with Crippen molar-refractivity contribution in [1.29, 1.82) is 0 Å². The van der Waals surface area contributed by atoms with E-state index in [1.165, 1.54) is 0 Å². The Morgan fingerprint density at radius 3 is 2.31 bits per heavy atom. The highest BCUT2D eigenvalue weighted by Crippen LogP contribution is 2.19. The molecule has 0 aliphatic carbocycles. The molecule has 3 rings (SSSR count). The van der Waals surface area contributed by atoms with E-state index < -0.39 is 6.04 Å². The zero-order valence-corrected chi connectivity index (χ0v) is 21.0. The number of ether oxygens (including phenoxy) is 1. The minimum Gasteiger partial charge on any atom is -0.497 e. The average molecular weight is 473 g/mol. The third-order valence-corrected chi connectivity index (χ3v) is 6.06. The van der Waals surface area contributed by atoms with Gasteiger partial charge in [-0.1, -0.05) is 85.6 Å². The number of carbonyl (C=O) groups excluding carboxylic acids is 2. The quantitative estimate of drug-likeness (QED) is 0.373. The highest BCUT2D eigenvalue weighted by Gasteiger charge is 2.30. The van der Waals surface area contributed by atoms with E-state index in [0.29, 0.717) is 19.5 Å². The van der Waals surface area contributed by atoms with E-state index >= 15 is 0 Å². The van der Waals surface area contributed by atoms with Gasteiger partial charge in [0.05, 0.1) is 13.5 Å². The maximum Gasteiger partial charge on any atom is 0.243 e. The Labute approximate surface area is 209 Å². The fourth-order valence-corrected chi connectivity index (χ4v) is 4.01. The minimum absolute atomic E-state index is 0.0803. The number of rotatable bonds is 12. The average Bonchev–Trinajstić information content (AvgIpc) is 2.88. The van der Waals surface area contributed by atoms with E-state index in [-0.39, 0.29) is 18.2 Å². The second-order valence-electron chi connectivity index (χ2n) is 8.89. The van der Waals surface area contributed by atoms with Gasteiger partial charge in [0.25, 0.3) is 0 Å². The summed E-state index contributed by atoms with van der Waals surface area (Å²) in [6.07, 6.45) is 2.57. The predicted octanol–water partition coefficient (Wildman–Crippen LogP) is 5.10. The van der Waals surface area contributed by atoms with Crippen LogP contribution in [-0.4, -0.2) is 36.4 Å². The summed E-state index contributed by atoms with van der Waals surface area (Å²) in [5, 5.41) is 3.06. The van der Waals surface area contributed by atoms with Gasteiger partial charge < -0.3 is 15.0 Å². The van der Waals surface area contributed by atoms with Crippen molar-refractivity contribution in [2.75, 3.05) is 13.7 Å². The van der Waals surface area contributed by atoms with E-state index in [4.69, 9.17) is 4.74 Å². The van der Waals surface area contributed by atoms with Crippen LogP contribution in [0.25, 0.3) is 0 Å². The van der Waals surface area contributed by atoms with Crippen LogP contribution in [-0.2, 0) is 29.0 Å². The molecular weight excluding hydrogens is 436 g/mol. The van der Waals surface area contributed by atoms with Crippen molar-refractivity contribution in [2.45, 2.75) is 52.1 Å². The van der Waals surface area contributed by atoms with Crippen LogP contribution >= 0.6 is 0 Å². The monoisotopic (exact) mass is 472 g/mol. The lowest BCUT2D eigenvalue weighted by Gasteiger charge is -2.32. The Morgan fingerprint density at radius 1 is 0.914 bits per heavy atom. The number of unbranched alkanes of at least 4 members (excludes halogenated alkanes) is 1. The Bertz CT molecular complexity index is 1080. The SMILES string of the molecule is CCCCNC(=O)C(Cc1ccccc1)N(Cc1cccc(OC)c1)C(=O)Cc1ccc(C)cc1. The summed E-state index contributed by atoms with van der Waals surface area (Å²) in [7, 11) is 1.62. The summed E-state index contributed by atoms with van der Waals surface area (Å²) in [5.41, 5.74) is 4.01. The highest BCUT2D eigenvalue weighted by molar-refractivity contribution is 5.88. The Balaban J connectivity index is 1.94. The van der Waals surface area contributed by atoms with Crippen molar-refractivity contribution >= 4 is 11.8 Å². The van der Waals surface area contributed by atoms with Gasteiger partial charge in [0, 0.05) is 19.5 Å². The van der Waals surface area contributed by atoms with E-state index in [9.17, 15) is 9.59 Å². The van der Waals surface area contributed by atoms with Gasteiger partial charge in [0.15, 0.2) is 0 Å². The minimum atomic E-state index is -0.626. The van der Waals surface area contributed by atoms with Crippen LogP contribution in [0.5, 0.6) is 5.75 Å². The first-order chi connectivity index (χ1) is 17.0. The molecule has 0 spiro atoms. The van der Waals surface area contributed by atoms with Crippen molar-refractivity contribution < 1.29 is 14.3 Å². The van der Waals surface area contributed by atoms with Crippen molar-refractivity contribution in [3.05, 3.63) is 101 Å². The van der Waals surface area contributed by atoms with Crippen LogP contribution in [0.4, 0.5) is 0 Å². The van der Waals surface area contributed by atoms with Gasteiger partial charge in [-0.05, 0) is 42.2 Å². The van der Waals surface area contributed by atoms with Crippen molar-refractivity contribution in [3.63, 3.8) is 0 Å². The normalized spacial score (nSPS) is 11.5. The van der Waals surface area contributed by atoms with Gasteiger partial charge in [-0.2, -0.15) is 0 Å². The lowest BCUT2D eigenvalue weighted by Crippen LogP contribution is -2.51. The van der Waals surface area contributed by atoms with Crippen LogP contribution in [0.1, 0.15) is 42.0 Å². The van der Waals surface area contributed by atoms with Gasteiger partial charge >= 0.3 is 0 Å². The van der Waals surface area contributed by atoms with E-state index in [1.807, 2.05) is 85.8 Å². The van der Waals surface area contributed by atoms with Crippen LogP contribution < -0.4 is 10.1 Å². The number of hydrogen-bond acceptors (Lipinski definition) is 3. The van der Waals surface area contributed by atoms with Gasteiger partial charge in [-0.25, -0.2) is 0 Å². The second-order valence-corrected chi connectivity index (χ2v) is 8.89. The zero-order chi connectivity index (χ0) is 25.0. The van der Waals surface area contributed by atoms with Crippen molar-refractivity contribution in [1.82, 2.24) is 10.2 Å². The number of nitrogens with zero attached hydrogens (tertiary/aromatic N) is 1. The molecule has 0 aliphatic rings. The third kappa shape index (κ3) is 7.99. The first-order valence-corrected chi connectivity index (χ1v) is 12.3. The number of hydrogen-bond donors (Lipinski definition) is 1. The maximum absolute atomic E-state index is 13.7. The molecule has 1 atom stereocenters. The molecule has 0 bridgehead atoms. The van der Waals surface area contributed by atoms with Gasteiger partial charge in [-0.15, -0.1) is 0 Å². The molecular formula is C30H36N2O3. The number of aryl methyl sites for hydroxylation is 1. The number of carbonyl (C=O) groups is 2. The number of amides is 2. The first-order valence-electron chi connectivity index (χ1n) is 12.3. The molecule has 3 aromatic carbocycles. The topological polar surface area (TPSA) is 58.6 Å². The Kier molecular flexibility index (Phi) is 9.91. The molecule has 0 aliphatic heterocycles. The standard InChI is InChI=1S/C30H36N2O3/c1-4-5-18-31-30(34)28(20-24-10-7-6-8-11-24)32(22-26-12-9-13-27(19-26)35-3)29(33)21-25-16-14-23(2)15-17-25/h6-17,19,28H,4-5,18,20-22H2,1-3H3,(H,31,34). The molecule has 35 heavy (non-hydrogen) atoms. The van der Waals surface area contributed by atoms with E-state index in [2.05, 4.69) is 12.2 Å². The number of benzene rings is 3. The smallest absolute Gasteiger partial charge is 0.243 e. The number of methoxy groups -OCH3 is 1. The van der Waals surface area contributed by atoms with Crippen molar-refractivity contribution in [3.8, 4) is 5.75 Å². The molecule has 0 radical (unpaired) electrons. The fraction of sp³-hybridized carbons (Fsp3) is 0.333. The molecule has 5 heteroatoms. The summed E-state index contributed by atoms with van der Waals surface area (Å²) in [6.45, 7) is 5.03. The molecule has 2 amide bonds. The maximum atomic E-state index is 13.7. The zero-order valence-electron chi connectivity index (χ0n) is 21.0. The molecule has 3 aromatic rings. The summed E-state index contributed by atoms with van der Waals surface area (Å²) in [6, 6.07) is 24.9. The van der Waals surface area contributed by atoms with Gasteiger partial charge in [-0.3, -0.25) is 9.59 Å². The van der Waals surface area contributed by atoms with Gasteiger partial charge in [0.2, 0.25) is 11.8 Å². The Morgan fingerprint density at radius 2 is 1.63 bits per heavy atom. The summed E-state index contributed by atoms with van der Waals surface area (Å²) < 4.78 is 5.39. The lowest BCUT2D eigenvalue weighted by molar-refractivity contribution is -0.140. The first kappa shape index (κ1) is 26.0. The molecule has 0 fully saturated rings. The molecule has 1 unspecified atom stereocenters. The summed E-state index contributed by atoms with van der Waals surface area (Å²) in [4.78, 5) is 28.9. The molecule has 1 N–H and O–H groups in total. The van der Waals surface area contributed by atoms with Gasteiger partial charge in [0.1, 0.15) is 11.8 Å². The van der Waals surface area contributed by atoms with Crippen LogP contribution in [0.3, 0.4) is 0 Å². The molecule has 184 valence electrons. The highest BCUT2D eigenvalue weighted by atomic mass is 16.5. The summed E-state index contributed by atoms with van der Waals surface area (Å²) >= 11 is 0. The molecule has 0 saturated heterocycles. The molecule has 5 nitrogen and oxygen atoms in total. The van der Waals surface area contributed by atoms with E-state index in [1.54, 1.807) is 12.0 Å². The lowest BCUT2D eigenvalue weighted by atomic mass is 10.0. The van der Waals surface area contributed by atoms with Crippen LogP contribution in [0.15, 0.2) is 78.9 Å². The number of nitrogens with one attached hydrogen (secondary N) is 1. The molecule has 0 aromatic heterocycles. The molecule has 0 heterocycles. The van der Waals surface area contributed by atoms with E-state index in [0.717, 1.165) is 40.8 Å². The summed E-state index contributed by atoms with van der Waals surface area (Å²) in [5.74, 6) is 0.520. The fourth-order valence-electron chi connectivity index (χ4n) is 4.01. The van der Waals surface area contributed by atoms with Crippen LogP contribution in [0.2, 0.25) is 0 Å². The second kappa shape index (κ2) is 13.3. The Hall–Kier alpha value is -3.60. The largest absolute Gasteiger partial charge is 0.497 e. The predicted molar refractivity (Wildman–Crippen MR) is 140 cm³/mol. The van der Waals surface area contributed by atoms with Crippen LogP contribution in [0, 0.1) is 6.92 Å².